The van der Waals surface area contributed by atoms with Crippen LogP contribution in [-0.4, -0.2) is 61.4 Å². The third-order valence-electron chi connectivity index (χ3n) is 8.38. The molecule has 2 saturated heterocycles. The summed E-state index contributed by atoms with van der Waals surface area (Å²) in [7, 11) is -0.439. The third kappa shape index (κ3) is 5.41. The molecule has 2 aliphatic heterocycles. The van der Waals surface area contributed by atoms with Crippen molar-refractivity contribution in [1.82, 2.24) is 24.8 Å². The number of fused-ring (bicyclic) bond motifs is 1. The maximum Gasteiger partial charge on any atom is 0.494 e. The van der Waals surface area contributed by atoms with E-state index in [2.05, 4.69) is 9.97 Å². The van der Waals surface area contributed by atoms with Crippen molar-refractivity contribution in [2.24, 2.45) is 0 Å². The molecule has 2 aromatic carbocycles. The number of nitrogens with zero attached hydrogens (tertiary/aromatic N) is 4. The highest BCUT2D eigenvalue weighted by atomic mass is 16.7. The van der Waals surface area contributed by atoms with Gasteiger partial charge in [0.25, 0.3) is 0 Å². The highest BCUT2D eigenvalue weighted by Crippen LogP contribution is 2.37. The van der Waals surface area contributed by atoms with E-state index in [0.29, 0.717) is 6.54 Å². The molecule has 0 aliphatic carbocycles. The van der Waals surface area contributed by atoms with Crippen LogP contribution in [0.1, 0.15) is 73.2 Å². The molecule has 1 amide bonds. The van der Waals surface area contributed by atoms with E-state index in [1.807, 2.05) is 97.1 Å². The molecule has 0 saturated carbocycles. The first kappa shape index (κ1) is 28.4. The average Bonchev–Trinajstić information content (AvgIpc) is 3.65. The molecule has 0 spiro atoms. The lowest BCUT2D eigenvalue weighted by molar-refractivity contribution is 0.00578. The molecule has 2 aliphatic rings. The Morgan fingerprint density at radius 2 is 1.67 bits per heavy atom. The summed E-state index contributed by atoms with van der Waals surface area (Å²) in [5, 5.41) is 0. The van der Waals surface area contributed by atoms with Crippen LogP contribution in [0.3, 0.4) is 0 Å². The van der Waals surface area contributed by atoms with Gasteiger partial charge in [-0.15, -0.1) is 0 Å². The van der Waals surface area contributed by atoms with Crippen LogP contribution in [0.5, 0.6) is 0 Å². The fourth-order valence-electron chi connectivity index (χ4n) is 5.36. The predicted octanol–water partition coefficient (Wildman–Crippen LogP) is 6.06. The first-order valence-corrected chi connectivity index (χ1v) is 14.6. The van der Waals surface area contributed by atoms with Gasteiger partial charge in [-0.3, -0.25) is 9.88 Å². The van der Waals surface area contributed by atoms with Crippen molar-refractivity contribution in [2.75, 3.05) is 6.54 Å². The zero-order valence-corrected chi connectivity index (χ0v) is 25.4. The van der Waals surface area contributed by atoms with E-state index in [4.69, 9.17) is 24.0 Å². The lowest BCUT2D eigenvalue weighted by Crippen LogP contribution is -2.41. The normalized spacial score (nSPS) is 19.9. The van der Waals surface area contributed by atoms with Gasteiger partial charge in [-0.25, -0.2) is 14.8 Å². The van der Waals surface area contributed by atoms with E-state index in [0.717, 1.165) is 57.7 Å². The Morgan fingerprint density at radius 1 is 0.976 bits per heavy atom. The lowest BCUT2D eigenvalue weighted by atomic mass is 9.79. The SMILES string of the molecule is CC(C)(C)OC(=O)N1CCC[C@H]1c1ncc(-c2ccc(-c3cnc4cc(B5OC(C)(C)C(C)(C)O5)ccc4n3)cc2)[nH]1. The van der Waals surface area contributed by atoms with Gasteiger partial charge in [0.05, 0.1) is 52.1 Å². The first-order chi connectivity index (χ1) is 19.8. The summed E-state index contributed by atoms with van der Waals surface area (Å²) in [6, 6.07) is 14.0. The van der Waals surface area contributed by atoms with E-state index in [9.17, 15) is 4.79 Å². The number of hydrogen-bond acceptors (Lipinski definition) is 7. The Kier molecular flexibility index (Phi) is 6.89. The highest BCUT2D eigenvalue weighted by Gasteiger charge is 2.51. The van der Waals surface area contributed by atoms with Crippen LogP contribution in [0.4, 0.5) is 4.79 Å². The summed E-state index contributed by atoms with van der Waals surface area (Å²) < 4.78 is 18.0. The van der Waals surface area contributed by atoms with Gasteiger partial charge < -0.3 is 19.0 Å². The zero-order valence-electron chi connectivity index (χ0n) is 25.4. The number of hydrogen-bond donors (Lipinski definition) is 1. The first-order valence-electron chi connectivity index (χ1n) is 14.6. The van der Waals surface area contributed by atoms with Gasteiger partial charge in [0.15, 0.2) is 0 Å². The number of nitrogens with one attached hydrogen (secondary N) is 1. The zero-order chi connectivity index (χ0) is 29.9. The number of aromatic nitrogens is 4. The molecule has 10 heteroatoms. The monoisotopic (exact) mass is 567 g/mol. The maximum absolute atomic E-state index is 12.7. The summed E-state index contributed by atoms with van der Waals surface area (Å²) in [5.41, 5.74) is 4.85. The van der Waals surface area contributed by atoms with Gasteiger partial charge >= 0.3 is 13.2 Å². The van der Waals surface area contributed by atoms with Gasteiger partial charge in [0, 0.05) is 12.1 Å². The summed E-state index contributed by atoms with van der Waals surface area (Å²) in [6.07, 6.45) is 5.09. The van der Waals surface area contributed by atoms with Crippen LogP contribution in [0.15, 0.2) is 54.9 Å². The maximum atomic E-state index is 12.7. The number of carbonyl (C=O) groups is 1. The van der Waals surface area contributed by atoms with Crippen molar-refractivity contribution >= 4 is 29.7 Å². The van der Waals surface area contributed by atoms with E-state index >= 15 is 0 Å². The van der Waals surface area contributed by atoms with Crippen LogP contribution < -0.4 is 5.46 Å². The Bertz CT molecular complexity index is 1610. The van der Waals surface area contributed by atoms with Crippen LogP contribution in [0.25, 0.3) is 33.5 Å². The minimum atomic E-state index is -0.535. The third-order valence-corrected chi connectivity index (χ3v) is 8.38. The van der Waals surface area contributed by atoms with Crippen LogP contribution in [0.2, 0.25) is 0 Å². The molecule has 1 N–H and O–H groups in total. The quantitative estimate of drug-likeness (QED) is 0.299. The Morgan fingerprint density at radius 3 is 2.36 bits per heavy atom. The predicted molar refractivity (Wildman–Crippen MR) is 163 cm³/mol. The molecule has 218 valence electrons. The Hall–Kier alpha value is -3.76. The van der Waals surface area contributed by atoms with Crippen LogP contribution in [0, 0.1) is 0 Å². The number of imidazole rings is 1. The van der Waals surface area contributed by atoms with E-state index in [1.165, 1.54) is 0 Å². The Balaban J connectivity index is 1.17. The van der Waals surface area contributed by atoms with Gasteiger partial charge in [0.1, 0.15) is 11.4 Å². The average molecular weight is 567 g/mol. The smallest absolute Gasteiger partial charge is 0.444 e. The second-order valence-electron chi connectivity index (χ2n) is 13.2. The van der Waals surface area contributed by atoms with Gasteiger partial charge in [-0.1, -0.05) is 30.3 Å². The number of H-pyrrole nitrogens is 1. The second kappa shape index (κ2) is 10.2. The molecule has 0 bridgehead atoms. The number of benzene rings is 2. The van der Waals surface area contributed by atoms with Gasteiger partial charge in [0.2, 0.25) is 0 Å². The van der Waals surface area contributed by atoms with Crippen LogP contribution >= 0.6 is 0 Å². The van der Waals surface area contributed by atoms with E-state index < -0.39 is 23.9 Å². The van der Waals surface area contributed by atoms with Crippen molar-refractivity contribution in [3.05, 3.63) is 60.7 Å². The standard InChI is InChI=1S/C32H38BN5O4/c1-30(2,3)40-29(39)38-16-8-9-27(38)28-35-19-26(37-28)21-12-10-20(11-13-21)25-18-34-24-17-22(14-15-23(24)36-25)33-41-31(4,5)32(6,7)42-33/h10-15,17-19,27H,8-9,16H2,1-7H3,(H,35,37)/t27-/m0/s1. The van der Waals surface area contributed by atoms with Crippen molar-refractivity contribution in [3.8, 4) is 22.5 Å². The number of likely N-dealkylation sites (tertiary alicyclic amines) is 1. The minimum absolute atomic E-state index is 0.119. The molecular weight excluding hydrogens is 529 g/mol. The summed E-state index contributed by atoms with van der Waals surface area (Å²) in [5.74, 6) is 0.776. The number of aromatic amines is 1. The molecular formula is C32H38BN5O4. The minimum Gasteiger partial charge on any atom is -0.444 e. The summed E-state index contributed by atoms with van der Waals surface area (Å²) in [4.78, 5) is 32.1. The molecule has 2 aromatic heterocycles. The number of amides is 1. The van der Waals surface area contributed by atoms with E-state index in [-0.39, 0.29) is 12.1 Å². The largest absolute Gasteiger partial charge is 0.494 e. The molecule has 0 radical (unpaired) electrons. The van der Waals surface area contributed by atoms with E-state index in [1.54, 1.807) is 11.1 Å². The summed E-state index contributed by atoms with van der Waals surface area (Å²) >= 11 is 0. The lowest BCUT2D eigenvalue weighted by Gasteiger charge is -2.32. The topological polar surface area (TPSA) is 102 Å². The fourth-order valence-corrected chi connectivity index (χ4v) is 5.36. The van der Waals surface area contributed by atoms with Gasteiger partial charge in [-0.2, -0.15) is 0 Å². The number of carbonyl (C=O) groups excluding carboxylic acids is 1. The molecule has 0 unspecified atom stereocenters. The Labute approximate surface area is 247 Å². The molecule has 1 atom stereocenters. The van der Waals surface area contributed by atoms with Crippen molar-refractivity contribution in [2.45, 2.75) is 84.2 Å². The number of rotatable bonds is 4. The second-order valence-corrected chi connectivity index (χ2v) is 13.2. The molecule has 4 aromatic rings. The molecule has 42 heavy (non-hydrogen) atoms. The van der Waals surface area contributed by atoms with Crippen molar-refractivity contribution < 1.29 is 18.8 Å². The molecule has 9 nitrogen and oxygen atoms in total. The van der Waals surface area contributed by atoms with Crippen molar-refractivity contribution in [1.29, 1.82) is 0 Å². The fraction of sp³-hybridized carbons (Fsp3) is 0.438. The molecule has 4 heterocycles. The number of ether oxygens (including phenoxy) is 1. The molecule has 2 fully saturated rings. The van der Waals surface area contributed by atoms with Crippen LogP contribution in [-0.2, 0) is 14.0 Å². The molecule has 6 rings (SSSR count). The highest BCUT2D eigenvalue weighted by molar-refractivity contribution is 6.62. The summed E-state index contributed by atoms with van der Waals surface area (Å²) in [6.45, 7) is 14.5. The van der Waals surface area contributed by atoms with Gasteiger partial charge in [-0.05, 0) is 84.5 Å². The van der Waals surface area contributed by atoms with Crippen molar-refractivity contribution in [3.63, 3.8) is 0 Å².